The fraction of sp³-hybridized carbons (Fsp3) is 0.200. The third kappa shape index (κ3) is 1.35. The van der Waals surface area contributed by atoms with Crippen LogP contribution >= 0.6 is 15.9 Å². The number of halogens is 1. The van der Waals surface area contributed by atoms with Crippen LogP contribution in [-0.2, 0) is 6.42 Å². The smallest absolute Gasteiger partial charge is 0.335 e. The van der Waals surface area contributed by atoms with Crippen molar-refractivity contribution in [3.8, 4) is 0 Å². The number of carbonyl (C=O) groups excluding carboxylic acids is 1. The number of hydrogen-bond acceptors (Lipinski definition) is 2. The zero-order valence-electron chi connectivity index (χ0n) is 7.21. The monoisotopic (exact) mass is 254 g/mol. The number of carboxylic acid groups (broad SMARTS) is 1. The molecule has 0 saturated carbocycles. The average Bonchev–Trinajstić information content (AvgIpc) is 2.48. The zero-order valence-corrected chi connectivity index (χ0v) is 8.80. The van der Waals surface area contributed by atoms with Gasteiger partial charge in [0.05, 0.1) is 5.56 Å². The van der Waals surface area contributed by atoms with Crippen LogP contribution in [0, 0.1) is 0 Å². The Morgan fingerprint density at radius 1 is 1.36 bits per heavy atom. The Morgan fingerprint density at radius 2 is 2.07 bits per heavy atom. The average molecular weight is 255 g/mol. The van der Waals surface area contributed by atoms with Gasteiger partial charge in [0.1, 0.15) is 0 Å². The lowest BCUT2D eigenvalue weighted by Gasteiger charge is -2.02. The molecule has 0 unspecified atom stereocenters. The largest absolute Gasteiger partial charge is 0.478 e. The van der Waals surface area contributed by atoms with Crippen molar-refractivity contribution in [3.63, 3.8) is 0 Å². The highest BCUT2D eigenvalue weighted by molar-refractivity contribution is 9.10. The van der Waals surface area contributed by atoms with Crippen molar-refractivity contribution in [2.45, 2.75) is 12.8 Å². The van der Waals surface area contributed by atoms with Gasteiger partial charge in [0, 0.05) is 16.5 Å². The van der Waals surface area contributed by atoms with Gasteiger partial charge in [-0.05, 0) is 24.1 Å². The number of ketones is 1. The fourth-order valence-corrected chi connectivity index (χ4v) is 2.29. The highest BCUT2D eigenvalue weighted by Crippen LogP contribution is 2.30. The first-order chi connectivity index (χ1) is 6.59. The lowest BCUT2D eigenvalue weighted by atomic mass is 10.1. The Hall–Kier alpha value is -1.16. The molecule has 14 heavy (non-hydrogen) atoms. The van der Waals surface area contributed by atoms with Gasteiger partial charge in [-0.1, -0.05) is 15.9 Å². The van der Waals surface area contributed by atoms with Gasteiger partial charge in [0.2, 0.25) is 0 Å². The topological polar surface area (TPSA) is 54.4 Å². The van der Waals surface area contributed by atoms with E-state index in [4.69, 9.17) is 5.11 Å². The lowest BCUT2D eigenvalue weighted by molar-refractivity contribution is 0.0697. The highest BCUT2D eigenvalue weighted by Gasteiger charge is 2.23. The maximum atomic E-state index is 11.4. The minimum Gasteiger partial charge on any atom is -0.478 e. The van der Waals surface area contributed by atoms with Gasteiger partial charge in [-0.3, -0.25) is 4.79 Å². The number of hydrogen-bond donors (Lipinski definition) is 1. The van der Waals surface area contributed by atoms with Crippen LogP contribution in [0.15, 0.2) is 16.6 Å². The van der Waals surface area contributed by atoms with Crippen LogP contribution in [0.1, 0.15) is 32.7 Å². The van der Waals surface area contributed by atoms with Crippen molar-refractivity contribution in [1.29, 1.82) is 0 Å². The highest BCUT2D eigenvalue weighted by atomic mass is 79.9. The van der Waals surface area contributed by atoms with Gasteiger partial charge in [-0.15, -0.1) is 0 Å². The predicted octanol–water partition coefficient (Wildman–Crippen LogP) is 2.28. The SMILES string of the molecule is O=C(O)c1cc(Br)c2c(c1)C(=O)CC2. The van der Waals surface area contributed by atoms with Crippen molar-refractivity contribution in [2.24, 2.45) is 0 Å². The molecule has 2 rings (SSSR count). The van der Waals surface area contributed by atoms with Crippen LogP contribution in [0.5, 0.6) is 0 Å². The van der Waals surface area contributed by atoms with Crippen molar-refractivity contribution < 1.29 is 14.7 Å². The van der Waals surface area contributed by atoms with Crippen LogP contribution in [0.4, 0.5) is 0 Å². The molecule has 0 fully saturated rings. The number of aromatic carboxylic acids is 1. The normalized spacial score (nSPS) is 14.2. The molecule has 0 heterocycles. The summed E-state index contributed by atoms with van der Waals surface area (Å²) in [6.45, 7) is 0. The molecule has 3 nitrogen and oxygen atoms in total. The van der Waals surface area contributed by atoms with E-state index in [0.29, 0.717) is 18.4 Å². The Labute approximate surface area is 88.9 Å². The summed E-state index contributed by atoms with van der Waals surface area (Å²) in [6, 6.07) is 3.00. The Balaban J connectivity index is 2.64. The number of carbonyl (C=O) groups is 2. The molecule has 0 atom stereocenters. The van der Waals surface area contributed by atoms with Crippen molar-refractivity contribution in [1.82, 2.24) is 0 Å². The van der Waals surface area contributed by atoms with E-state index in [1.165, 1.54) is 6.07 Å². The molecule has 0 bridgehead atoms. The van der Waals surface area contributed by atoms with Gasteiger partial charge in [0.15, 0.2) is 5.78 Å². The van der Waals surface area contributed by atoms with Crippen molar-refractivity contribution >= 4 is 27.7 Å². The quantitative estimate of drug-likeness (QED) is 0.837. The van der Waals surface area contributed by atoms with E-state index in [9.17, 15) is 9.59 Å². The molecule has 1 aliphatic rings. The summed E-state index contributed by atoms with van der Waals surface area (Å²) in [5, 5.41) is 8.79. The first-order valence-electron chi connectivity index (χ1n) is 4.18. The number of Topliss-reactive ketones (excluding diaryl/α,β-unsaturated/α-hetero) is 1. The van der Waals surface area contributed by atoms with Gasteiger partial charge in [-0.2, -0.15) is 0 Å². The summed E-state index contributed by atoms with van der Waals surface area (Å²) in [5.74, 6) is -0.975. The molecular formula is C10H7BrO3. The molecule has 0 saturated heterocycles. The first kappa shape index (κ1) is 9.40. The Bertz CT molecular complexity index is 437. The molecule has 0 amide bonds. The number of fused-ring (bicyclic) bond motifs is 1. The summed E-state index contributed by atoms with van der Waals surface area (Å²) < 4.78 is 0.721. The van der Waals surface area contributed by atoms with E-state index in [0.717, 1.165) is 10.0 Å². The van der Waals surface area contributed by atoms with E-state index in [2.05, 4.69) is 15.9 Å². The lowest BCUT2D eigenvalue weighted by Crippen LogP contribution is -2.00. The summed E-state index contributed by atoms with van der Waals surface area (Å²) >= 11 is 3.28. The summed E-state index contributed by atoms with van der Waals surface area (Å²) in [4.78, 5) is 22.1. The van der Waals surface area contributed by atoms with Crippen LogP contribution in [0.2, 0.25) is 0 Å². The molecule has 1 aliphatic carbocycles. The van der Waals surface area contributed by atoms with Crippen molar-refractivity contribution in [3.05, 3.63) is 33.3 Å². The van der Waals surface area contributed by atoms with Crippen LogP contribution in [-0.4, -0.2) is 16.9 Å². The van der Waals surface area contributed by atoms with E-state index in [1.54, 1.807) is 6.07 Å². The summed E-state index contributed by atoms with van der Waals surface area (Å²) in [7, 11) is 0. The second-order valence-electron chi connectivity index (χ2n) is 3.21. The second kappa shape index (κ2) is 3.20. The number of benzene rings is 1. The molecular weight excluding hydrogens is 248 g/mol. The van der Waals surface area contributed by atoms with Crippen LogP contribution in [0.25, 0.3) is 0 Å². The van der Waals surface area contributed by atoms with Crippen molar-refractivity contribution in [2.75, 3.05) is 0 Å². The van der Waals surface area contributed by atoms with Crippen LogP contribution < -0.4 is 0 Å². The van der Waals surface area contributed by atoms with E-state index < -0.39 is 5.97 Å². The standard InChI is InChI=1S/C10H7BrO3/c11-8-4-5(10(13)14)3-7-6(8)1-2-9(7)12/h3-4H,1-2H2,(H,13,14). The van der Waals surface area contributed by atoms with Gasteiger partial charge < -0.3 is 5.11 Å². The fourth-order valence-electron chi connectivity index (χ4n) is 1.64. The Morgan fingerprint density at radius 3 is 2.71 bits per heavy atom. The molecule has 0 spiro atoms. The first-order valence-corrected chi connectivity index (χ1v) is 4.98. The minimum atomic E-state index is -1.01. The zero-order chi connectivity index (χ0) is 10.3. The van der Waals surface area contributed by atoms with E-state index in [1.807, 2.05) is 0 Å². The van der Waals surface area contributed by atoms with Gasteiger partial charge in [-0.25, -0.2) is 4.79 Å². The molecule has 0 aromatic heterocycles. The molecule has 0 radical (unpaired) electrons. The minimum absolute atomic E-state index is 0.0313. The second-order valence-corrected chi connectivity index (χ2v) is 4.07. The molecule has 1 N–H and O–H groups in total. The number of rotatable bonds is 1. The summed E-state index contributed by atoms with van der Waals surface area (Å²) in [6.07, 6.45) is 1.19. The Kier molecular flexibility index (Phi) is 2.15. The summed E-state index contributed by atoms with van der Waals surface area (Å²) in [5.41, 5.74) is 1.64. The molecule has 1 aromatic carbocycles. The third-order valence-electron chi connectivity index (χ3n) is 2.34. The maximum absolute atomic E-state index is 11.4. The van der Waals surface area contributed by atoms with E-state index >= 15 is 0 Å². The predicted molar refractivity (Wildman–Crippen MR) is 53.8 cm³/mol. The van der Waals surface area contributed by atoms with Gasteiger partial charge >= 0.3 is 5.97 Å². The molecule has 0 aliphatic heterocycles. The van der Waals surface area contributed by atoms with Gasteiger partial charge in [0.25, 0.3) is 0 Å². The van der Waals surface area contributed by atoms with E-state index in [-0.39, 0.29) is 11.3 Å². The molecule has 4 heteroatoms. The molecule has 72 valence electrons. The van der Waals surface area contributed by atoms with Crippen LogP contribution in [0.3, 0.4) is 0 Å². The molecule has 1 aromatic rings. The third-order valence-corrected chi connectivity index (χ3v) is 3.05. The maximum Gasteiger partial charge on any atom is 0.335 e. The number of carboxylic acids is 1.